The van der Waals surface area contributed by atoms with Gasteiger partial charge in [-0.2, -0.15) is 0 Å². The predicted molar refractivity (Wildman–Crippen MR) is 94.9 cm³/mol. The average molecular weight is 406 g/mol. The summed E-state index contributed by atoms with van der Waals surface area (Å²) < 4.78 is 6.46. The fraction of sp³-hybridized carbons (Fsp3) is 0.0625. The number of carbonyl (C=O) groups is 1. The molecule has 0 radical (unpaired) electrons. The van der Waals surface area contributed by atoms with E-state index in [9.17, 15) is 9.90 Å². The number of amides is 1. The summed E-state index contributed by atoms with van der Waals surface area (Å²) >= 11 is 4.53. The van der Waals surface area contributed by atoms with Crippen LogP contribution in [0.2, 0.25) is 0 Å². The first kappa shape index (κ1) is 16.5. The van der Waals surface area contributed by atoms with Crippen molar-refractivity contribution in [3.8, 4) is 17.2 Å². The minimum absolute atomic E-state index is 0.0935. The van der Waals surface area contributed by atoms with Gasteiger partial charge in [0, 0.05) is 21.8 Å². The van der Waals surface area contributed by atoms with E-state index in [1.165, 1.54) is 12.1 Å². The van der Waals surface area contributed by atoms with Crippen molar-refractivity contribution in [2.75, 3.05) is 11.1 Å². The summed E-state index contributed by atoms with van der Waals surface area (Å²) in [7, 11) is 0. The molecule has 0 bridgehead atoms. The van der Waals surface area contributed by atoms with Crippen LogP contribution in [0.15, 0.2) is 62.6 Å². The maximum Gasteiger partial charge on any atom is 0.277 e. The van der Waals surface area contributed by atoms with Crippen LogP contribution >= 0.6 is 27.7 Å². The normalized spacial score (nSPS) is 10.5. The quantitative estimate of drug-likeness (QED) is 0.625. The Morgan fingerprint density at radius 2 is 2.04 bits per heavy atom. The predicted octanol–water partition coefficient (Wildman–Crippen LogP) is 3.94. The van der Waals surface area contributed by atoms with Crippen LogP contribution in [0.3, 0.4) is 0 Å². The third-order valence-corrected chi connectivity index (χ3v) is 4.25. The Balaban J connectivity index is 1.58. The molecule has 2 aromatic carbocycles. The molecule has 0 fully saturated rings. The van der Waals surface area contributed by atoms with Crippen molar-refractivity contribution in [3.05, 3.63) is 53.0 Å². The van der Waals surface area contributed by atoms with Crippen LogP contribution in [0.25, 0.3) is 11.5 Å². The van der Waals surface area contributed by atoms with E-state index in [2.05, 4.69) is 31.4 Å². The molecule has 8 heteroatoms. The van der Waals surface area contributed by atoms with Crippen LogP contribution in [0.5, 0.6) is 5.75 Å². The van der Waals surface area contributed by atoms with Gasteiger partial charge in [-0.25, -0.2) is 0 Å². The minimum atomic E-state index is -0.229. The van der Waals surface area contributed by atoms with E-state index >= 15 is 0 Å². The Hall–Kier alpha value is -2.32. The second-order valence-electron chi connectivity index (χ2n) is 4.77. The molecular weight excluding hydrogens is 394 g/mol. The molecule has 0 aliphatic carbocycles. The van der Waals surface area contributed by atoms with E-state index in [0.29, 0.717) is 16.8 Å². The highest BCUT2D eigenvalue weighted by Crippen LogP contribution is 2.25. The van der Waals surface area contributed by atoms with Gasteiger partial charge in [0.25, 0.3) is 5.22 Å². The lowest BCUT2D eigenvalue weighted by molar-refractivity contribution is -0.113. The number of rotatable bonds is 5. The Morgan fingerprint density at radius 1 is 1.21 bits per heavy atom. The SMILES string of the molecule is O=C(CSc1nnc(-c2cccc(Br)c2)o1)Nc1cccc(O)c1. The zero-order chi connectivity index (χ0) is 16.9. The molecule has 6 nitrogen and oxygen atoms in total. The second kappa shape index (κ2) is 7.50. The highest BCUT2D eigenvalue weighted by Gasteiger charge is 2.11. The van der Waals surface area contributed by atoms with Crippen LogP contribution in [0, 0.1) is 0 Å². The van der Waals surface area contributed by atoms with Crippen LogP contribution in [0.1, 0.15) is 0 Å². The van der Waals surface area contributed by atoms with Crippen molar-refractivity contribution >= 4 is 39.3 Å². The monoisotopic (exact) mass is 405 g/mol. The highest BCUT2D eigenvalue weighted by atomic mass is 79.9. The number of thioether (sulfide) groups is 1. The van der Waals surface area contributed by atoms with Crippen molar-refractivity contribution in [1.82, 2.24) is 10.2 Å². The lowest BCUT2D eigenvalue weighted by Crippen LogP contribution is -2.13. The second-order valence-corrected chi connectivity index (χ2v) is 6.61. The number of carbonyl (C=O) groups excluding carboxylic acids is 1. The first-order valence-electron chi connectivity index (χ1n) is 6.91. The summed E-state index contributed by atoms with van der Waals surface area (Å²) in [6.45, 7) is 0. The number of hydrogen-bond acceptors (Lipinski definition) is 6. The molecule has 1 heterocycles. The molecule has 3 aromatic rings. The van der Waals surface area contributed by atoms with Gasteiger partial charge >= 0.3 is 0 Å². The van der Waals surface area contributed by atoms with E-state index in [4.69, 9.17) is 4.42 Å². The maximum absolute atomic E-state index is 11.9. The van der Waals surface area contributed by atoms with E-state index < -0.39 is 0 Å². The Bertz CT molecular complexity index is 869. The van der Waals surface area contributed by atoms with Crippen LogP contribution in [0.4, 0.5) is 5.69 Å². The summed E-state index contributed by atoms with van der Waals surface area (Å²) in [5.74, 6) is 0.381. The van der Waals surface area contributed by atoms with Gasteiger partial charge in [0.05, 0.1) is 5.75 Å². The summed E-state index contributed by atoms with van der Waals surface area (Å²) in [5.41, 5.74) is 1.33. The average Bonchev–Trinajstić information content (AvgIpc) is 3.02. The lowest BCUT2D eigenvalue weighted by Gasteiger charge is -2.03. The molecule has 0 unspecified atom stereocenters. The van der Waals surface area contributed by atoms with Gasteiger partial charge in [-0.3, -0.25) is 4.79 Å². The fourth-order valence-corrected chi connectivity index (χ4v) is 2.88. The van der Waals surface area contributed by atoms with Gasteiger partial charge in [-0.15, -0.1) is 10.2 Å². The molecule has 3 rings (SSSR count). The third-order valence-electron chi connectivity index (χ3n) is 2.93. The largest absolute Gasteiger partial charge is 0.508 e. The Morgan fingerprint density at radius 3 is 2.83 bits per heavy atom. The van der Waals surface area contributed by atoms with Gasteiger partial charge < -0.3 is 14.8 Å². The molecule has 0 atom stereocenters. The zero-order valence-corrected chi connectivity index (χ0v) is 14.7. The highest BCUT2D eigenvalue weighted by molar-refractivity contribution is 9.10. The molecule has 24 heavy (non-hydrogen) atoms. The standard InChI is InChI=1S/C16H12BrN3O3S/c17-11-4-1-3-10(7-11)15-19-20-16(23-15)24-9-14(22)18-12-5-2-6-13(21)8-12/h1-8,21H,9H2,(H,18,22). The molecule has 2 N–H and O–H groups in total. The van der Waals surface area contributed by atoms with Crippen LogP contribution < -0.4 is 5.32 Å². The topological polar surface area (TPSA) is 88.2 Å². The summed E-state index contributed by atoms with van der Waals surface area (Å²) in [6, 6.07) is 13.9. The van der Waals surface area contributed by atoms with Crippen molar-refractivity contribution in [2.45, 2.75) is 5.22 Å². The molecular formula is C16H12BrN3O3S. The van der Waals surface area contributed by atoms with E-state index in [-0.39, 0.29) is 17.4 Å². The number of anilines is 1. The maximum atomic E-state index is 11.9. The molecule has 0 saturated heterocycles. The van der Waals surface area contributed by atoms with Crippen LogP contribution in [-0.2, 0) is 4.79 Å². The number of aromatic hydroxyl groups is 1. The number of benzene rings is 2. The van der Waals surface area contributed by atoms with Gasteiger partial charge in [0.1, 0.15) is 5.75 Å². The molecule has 0 aliphatic rings. The first-order valence-corrected chi connectivity index (χ1v) is 8.69. The number of nitrogens with zero attached hydrogens (tertiary/aromatic N) is 2. The fourth-order valence-electron chi connectivity index (χ4n) is 1.91. The number of hydrogen-bond donors (Lipinski definition) is 2. The summed E-state index contributed by atoms with van der Waals surface area (Å²) in [5, 5.41) is 20.3. The summed E-state index contributed by atoms with van der Waals surface area (Å²) in [6.07, 6.45) is 0. The number of phenols is 1. The van der Waals surface area contributed by atoms with Crippen molar-refractivity contribution < 1.29 is 14.3 Å². The van der Waals surface area contributed by atoms with Gasteiger partial charge in [0.15, 0.2) is 0 Å². The molecule has 0 saturated carbocycles. The van der Waals surface area contributed by atoms with Gasteiger partial charge in [0.2, 0.25) is 11.8 Å². The van der Waals surface area contributed by atoms with Crippen molar-refractivity contribution in [1.29, 1.82) is 0 Å². The Labute approximate surface area is 150 Å². The molecule has 0 spiro atoms. The number of aromatic nitrogens is 2. The number of halogens is 1. The first-order chi connectivity index (χ1) is 11.6. The van der Waals surface area contributed by atoms with Crippen molar-refractivity contribution in [2.24, 2.45) is 0 Å². The molecule has 122 valence electrons. The van der Waals surface area contributed by atoms with E-state index in [1.807, 2.05) is 24.3 Å². The number of nitrogens with one attached hydrogen (secondary N) is 1. The lowest BCUT2D eigenvalue weighted by atomic mass is 10.2. The summed E-state index contributed by atoms with van der Waals surface area (Å²) in [4.78, 5) is 11.9. The van der Waals surface area contributed by atoms with E-state index in [0.717, 1.165) is 21.8 Å². The number of phenolic OH excluding ortho intramolecular Hbond substituents is 1. The molecule has 0 aliphatic heterocycles. The molecule has 1 amide bonds. The minimum Gasteiger partial charge on any atom is -0.508 e. The Kier molecular flexibility index (Phi) is 5.17. The third kappa shape index (κ3) is 4.36. The smallest absolute Gasteiger partial charge is 0.277 e. The molecule has 1 aromatic heterocycles. The van der Waals surface area contributed by atoms with Gasteiger partial charge in [-0.1, -0.05) is 39.8 Å². The van der Waals surface area contributed by atoms with E-state index in [1.54, 1.807) is 12.1 Å². The zero-order valence-electron chi connectivity index (χ0n) is 12.3. The van der Waals surface area contributed by atoms with Gasteiger partial charge in [-0.05, 0) is 30.3 Å². The van der Waals surface area contributed by atoms with Crippen molar-refractivity contribution in [3.63, 3.8) is 0 Å². The van der Waals surface area contributed by atoms with Crippen LogP contribution in [-0.4, -0.2) is 27.0 Å².